The van der Waals surface area contributed by atoms with Crippen molar-refractivity contribution in [1.29, 1.82) is 0 Å². The molecule has 0 saturated carbocycles. The molecule has 0 saturated heterocycles. The topological polar surface area (TPSA) is 108 Å². The Morgan fingerprint density at radius 2 is 1.60 bits per heavy atom. The molecule has 0 aliphatic heterocycles. The summed E-state index contributed by atoms with van der Waals surface area (Å²) < 4.78 is 26.2. The summed E-state index contributed by atoms with van der Waals surface area (Å²) in [6.07, 6.45) is 1.16. The van der Waals surface area contributed by atoms with Crippen LogP contribution in [-0.4, -0.2) is 32.2 Å². The molecule has 3 aromatic carbocycles. The van der Waals surface area contributed by atoms with Crippen LogP contribution in [0.1, 0.15) is 40.9 Å². The number of nitrogens with zero attached hydrogens (tertiary/aromatic N) is 2. The molecule has 0 aliphatic rings. The highest BCUT2D eigenvalue weighted by atomic mass is 32.2. The van der Waals surface area contributed by atoms with Gasteiger partial charge in [-0.25, -0.2) is 13.8 Å². The molecule has 35 heavy (non-hydrogen) atoms. The molecule has 3 rings (SSSR count). The van der Waals surface area contributed by atoms with Crippen molar-refractivity contribution in [3.05, 3.63) is 95.1 Å². The van der Waals surface area contributed by atoms with Crippen molar-refractivity contribution in [1.82, 2.24) is 5.43 Å². The van der Waals surface area contributed by atoms with Gasteiger partial charge in [0.05, 0.1) is 24.2 Å². The number of carbonyl (C=O) groups is 2. The van der Waals surface area contributed by atoms with Crippen LogP contribution in [0.4, 0.5) is 11.4 Å². The van der Waals surface area contributed by atoms with Crippen LogP contribution in [-0.2, 0) is 21.4 Å². The zero-order valence-electron chi connectivity index (χ0n) is 20.1. The van der Waals surface area contributed by atoms with E-state index in [2.05, 4.69) is 15.8 Å². The lowest BCUT2D eigenvalue weighted by molar-refractivity contribution is -0.114. The van der Waals surface area contributed by atoms with Crippen LogP contribution in [0.2, 0.25) is 0 Å². The molecule has 0 heterocycles. The molecule has 0 unspecified atom stereocenters. The third kappa shape index (κ3) is 7.00. The number of carbonyl (C=O) groups excluding carboxylic acids is 2. The fraction of sp³-hybridized carbons (Fsp3) is 0.192. The van der Waals surface area contributed by atoms with Crippen molar-refractivity contribution in [3.8, 4) is 0 Å². The average molecular weight is 493 g/mol. The van der Waals surface area contributed by atoms with Gasteiger partial charge in [0.2, 0.25) is 15.9 Å². The number of benzene rings is 3. The van der Waals surface area contributed by atoms with Gasteiger partial charge < -0.3 is 5.32 Å². The molecule has 0 aromatic heterocycles. The van der Waals surface area contributed by atoms with E-state index in [4.69, 9.17) is 0 Å². The Balaban J connectivity index is 1.74. The maximum Gasteiger partial charge on any atom is 0.271 e. The Bertz CT molecular complexity index is 1370. The highest BCUT2D eigenvalue weighted by molar-refractivity contribution is 7.92. The minimum Gasteiger partial charge on any atom is -0.326 e. The number of amides is 2. The fourth-order valence-electron chi connectivity index (χ4n) is 3.41. The molecule has 3 aromatic rings. The SMILES string of the molecule is CC(=O)Nc1cccc(/C(C)=N\NC(=O)c2ccc(N(Cc3ccccc3C)S(C)(=O)=O)cc2)c1. The number of anilines is 2. The molecule has 9 heteroatoms. The standard InChI is InChI=1S/C26H28N4O4S/c1-18-8-5-6-9-23(18)17-30(35(4,33)34)25-14-12-21(13-15-25)26(32)29-28-19(2)22-10-7-11-24(16-22)27-20(3)31/h5-16H,17H2,1-4H3,(H,27,31)(H,29,32)/b28-19-. The predicted octanol–water partition coefficient (Wildman–Crippen LogP) is 4.07. The van der Waals surface area contributed by atoms with Gasteiger partial charge in [0.15, 0.2) is 0 Å². The molecule has 8 nitrogen and oxygen atoms in total. The third-order valence-electron chi connectivity index (χ3n) is 5.32. The lowest BCUT2D eigenvalue weighted by Crippen LogP contribution is -2.29. The number of rotatable bonds is 8. The molecule has 0 aliphatic carbocycles. The second-order valence-corrected chi connectivity index (χ2v) is 10.0. The molecule has 0 fully saturated rings. The van der Waals surface area contributed by atoms with Crippen molar-refractivity contribution >= 4 is 38.9 Å². The molecular weight excluding hydrogens is 464 g/mol. The van der Waals surface area contributed by atoms with Gasteiger partial charge in [-0.15, -0.1) is 0 Å². The van der Waals surface area contributed by atoms with Crippen molar-refractivity contribution in [2.24, 2.45) is 5.10 Å². The summed E-state index contributed by atoms with van der Waals surface area (Å²) in [5, 5.41) is 6.86. The molecular formula is C26H28N4O4S. The van der Waals surface area contributed by atoms with Crippen molar-refractivity contribution in [2.45, 2.75) is 27.3 Å². The first kappa shape index (κ1) is 25.6. The van der Waals surface area contributed by atoms with Crippen LogP contribution in [0, 0.1) is 6.92 Å². The van der Waals surface area contributed by atoms with E-state index in [0.29, 0.717) is 22.6 Å². The van der Waals surface area contributed by atoms with Gasteiger partial charge in [-0.3, -0.25) is 13.9 Å². The second-order valence-electron chi connectivity index (χ2n) is 8.14. The minimum absolute atomic E-state index is 0.179. The first-order chi connectivity index (χ1) is 16.5. The summed E-state index contributed by atoms with van der Waals surface area (Å²) >= 11 is 0. The maximum absolute atomic E-state index is 12.6. The largest absolute Gasteiger partial charge is 0.326 e. The average Bonchev–Trinajstić information content (AvgIpc) is 2.81. The highest BCUT2D eigenvalue weighted by Crippen LogP contribution is 2.22. The van der Waals surface area contributed by atoms with Gasteiger partial charge in [-0.1, -0.05) is 36.4 Å². The lowest BCUT2D eigenvalue weighted by Gasteiger charge is -2.23. The van der Waals surface area contributed by atoms with Crippen LogP contribution in [0.5, 0.6) is 0 Å². The molecule has 0 atom stereocenters. The molecule has 2 amide bonds. The van der Waals surface area contributed by atoms with E-state index in [-0.39, 0.29) is 12.5 Å². The van der Waals surface area contributed by atoms with Gasteiger partial charge in [-0.2, -0.15) is 5.10 Å². The smallest absolute Gasteiger partial charge is 0.271 e. The number of hydrogen-bond donors (Lipinski definition) is 2. The first-order valence-corrected chi connectivity index (χ1v) is 12.7. The van der Waals surface area contributed by atoms with Crippen molar-refractivity contribution in [2.75, 3.05) is 15.9 Å². The van der Waals surface area contributed by atoms with E-state index in [1.54, 1.807) is 49.4 Å². The summed E-state index contributed by atoms with van der Waals surface area (Å²) in [4.78, 5) is 23.9. The quantitative estimate of drug-likeness (QED) is 0.365. The second kappa shape index (κ2) is 11.0. The Morgan fingerprint density at radius 3 is 2.23 bits per heavy atom. The van der Waals surface area contributed by atoms with E-state index in [1.807, 2.05) is 37.3 Å². The monoisotopic (exact) mass is 492 g/mol. The first-order valence-electron chi connectivity index (χ1n) is 10.9. The van der Waals surface area contributed by atoms with E-state index in [9.17, 15) is 18.0 Å². The molecule has 0 spiro atoms. The van der Waals surface area contributed by atoms with Crippen LogP contribution in [0.3, 0.4) is 0 Å². The van der Waals surface area contributed by atoms with Crippen molar-refractivity contribution in [3.63, 3.8) is 0 Å². The maximum atomic E-state index is 12.6. The van der Waals surface area contributed by atoms with Crippen LogP contribution >= 0.6 is 0 Å². The van der Waals surface area contributed by atoms with Crippen molar-refractivity contribution < 1.29 is 18.0 Å². The summed E-state index contributed by atoms with van der Waals surface area (Å²) in [7, 11) is -3.54. The normalized spacial score (nSPS) is 11.6. The number of hydrazone groups is 1. The van der Waals surface area contributed by atoms with Gasteiger partial charge in [0, 0.05) is 18.2 Å². The van der Waals surface area contributed by atoms with Gasteiger partial charge in [-0.05, 0) is 66.9 Å². The number of nitrogens with one attached hydrogen (secondary N) is 2. The number of hydrogen-bond acceptors (Lipinski definition) is 5. The number of sulfonamides is 1. The Morgan fingerprint density at radius 1 is 0.914 bits per heavy atom. The number of aryl methyl sites for hydroxylation is 1. The summed E-state index contributed by atoms with van der Waals surface area (Å²) in [6.45, 7) is 5.29. The molecule has 0 bridgehead atoms. The van der Waals surface area contributed by atoms with Crippen LogP contribution < -0.4 is 15.0 Å². The summed E-state index contributed by atoms with van der Waals surface area (Å²) in [5.41, 5.74) is 7.13. The van der Waals surface area contributed by atoms with Crippen LogP contribution in [0.15, 0.2) is 77.9 Å². The highest BCUT2D eigenvalue weighted by Gasteiger charge is 2.19. The third-order valence-corrected chi connectivity index (χ3v) is 6.46. The van der Waals surface area contributed by atoms with E-state index in [1.165, 1.54) is 11.2 Å². The van der Waals surface area contributed by atoms with E-state index < -0.39 is 15.9 Å². The van der Waals surface area contributed by atoms with E-state index in [0.717, 1.165) is 22.9 Å². The Labute approximate surface area is 205 Å². The summed E-state index contributed by atoms with van der Waals surface area (Å²) in [6, 6.07) is 21.0. The minimum atomic E-state index is -3.54. The van der Waals surface area contributed by atoms with Gasteiger partial charge >= 0.3 is 0 Å². The molecule has 2 N–H and O–H groups in total. The fourth-order valence-corrected chi connectivity index (χ4v) is 4.29. The molecule has 0 radical (unpaired) electrons. The lowest BCUT2D eigenvalue weighted by atomic mass is 10.1. The summed E-state index contributed by atoms with van der Waals surface area (Å²) in [5.74, 6) is -0.611. The zero-order valence-corrected chi connectivity index (χ0v) is 20.9. The molecule has 182 valence electrons. The zero-order chi connectivity index (χ0) is 25.6. The van der Waals surface area contributed by atoms with Crippen LogP contribution in [0.25, 0.3) is 0 Å². The predicted molar refractivity (Wildman–Crippen MR) is 139 cm³/mol. The van der Waals surface area contributed by atoms with Gasteiger partial charge in [0.25, 0.3) is 5.91 Å². The Hall–Kier alpha value is -3.98. The Kier molecular flexibility index (Phi) is 8.03. The van der Waals surface area contributed by atoms with E-state index >= 15 is 0 Å². The van der Waals surface area contributed by atoms with Gasteiger partial charge in [0.1, 0.15) is 0 Å².